The van der Waals surface area contributed by atoms with E-state index in [1.54, 1.807) is 14.2 Å². The van der Waals surface area contributed by atoms with E-state index in [9.17, 15) is 0 Å². The molecule has 0 saturated carbocycles. The van der Waals surface area contributed by atoms with E-state index in [2.05, 4.69) is 17.5 Å². The summed E-state index contributed by atoms with van der Waals surface area (Å²) in [6.45, 7) is 3.72. The van der Waals surface area contributed by atoms with Crippen LogP contribution in [0.3, 0.4) is 0 Å². The Labute approximate surface area is 114 Å². The van der Waals surface area contributed by atoms with Crippen molar-refractivity contribution >= 4 is 11.6 Å². The molecule has 0 radical (unpaired) electrons. The van der Waals surface area contributed by atoms with Gasteiger partial charge in [-0.15, -0.1) is 0 Å². The fourth-order valence-corrected chi connectivity index (χ4v) is 1.97. The molecule has 0 aromatic heterocycles. The zero-order valence-corrected chi connectivity index (χ0v) is 11.9. The third kappa shape index (κ3) is 4.24. The summed E-state index contributed by atoms with van der Waals surface area (Å²) in [6, 6.07) is 3.83. The summed E-state index contributed by atoms with van der Waals surface area (Å²) in [5.74, 6) is 1.24. The molecule has 0 bridgehead atoms. The highest BCUT2D eigenvalue weighted by Crippen LogP contribution is 2.35. The molecule has 0 unspecified atom stereocenters. The van der Waals surface area contributed by atoms with Crippen molar-refractivity contribution in [3.63, 3.8) is 0 Å². The molecule has 0 amide bonds. The molecular weight excluding hydrogens is 250 g/mol. The molecule has 1 N–H and O–H groups in total. The predicted molar refractivity (Wildman–Crippen MR) is 75.7 cm³/mol. The molecule has 0 heterocycles. The smallest absolute Gasteiger partial charge is 0.179 e. The van der Waals surface area contributed by atoms with Gasteiger partial charge in [0, 0.05) is 6.54 Å². The largest absolute Gasteiger partial charge is 0.493 e. The minimum absolute atomic E-state index is 0.571. The fourth-order valence-electron chi connectivity index (χ4n) is 1.66. The number of benzene rings is 1. The second-order valence-corrected chi connectivity index (χ2v) is 4.25. The summed E-state index contributed by atoms with van der Waals surface area (Å²) in [6.07, 6.45) is 5.21. The van der Waals surface area contributed by atoms with Crippen LogP contribution in [0.4, 0.5) is 0 Å². The lowest BCUT2D eigenvalue weighted by Gasteiger charge is -2.12. The molecule has 1 aromatic rings. The first-order chi connectivity index (χ1) is 8.72. The van der Waals surface area contributed by atoms with E-state index in [0.29, 0.717) is 16.5 Å². The number of allylic oxidation sites excluding steroid dienone is 1. The monoisotopic (exact) mass is 269 g/mol. The summed E-state index contributed by atoms with van der Waals surface area (Å²) < 4.78 is 10.4. The molecule has 0 atom stereocenters. The second-order valence-electron chi connectivity index (χ2n) is 3.85. The van der Waals surface area contributed by atoms with Crippen LogP contribution in [0.2, 0.25) is 5.02 Å². The SMILES string of the molecule is C/C=C/CCNCc1cc(Cl)c(OC)c(OC)c1. The van der Waals surface area contributed by atoms with Gasteiger partial charge in [-0.25, -0.2) is 0 Å². The Balaban J connectivity index is 2.64. The van der Waals surface area contributed by atoms with E-state index in [0.717, 1.165) is 25.1 Å². The van der Waals surface area contributed by atoms with Gasteiger partial charge < -0.3 is 14.8 Å². The maximum absolute atomic E-state index is 6.13. The van der Waals surface area contributed by atoms with Crippen LogP contribution < -0.4 is 14.8 Å². The number of methoxy groups -OCH3 is 2. The number of rotatable bonds is 7. The number of hydrogen-bond donors (Lipinski definition) is 1. The molecule has 3 nitrogen and oxygen atoms in total. The first-order valence-electron chi connectivity index (χ1n) is 5.95. The van der Waals surface area contributed by atoms with Crippen molar-refractivity contribution in [1.29, 1.82) is 0 Å². The quantitative estimate of drug-likeness (QED) is 0.608. The Bertz CT molecular complexity index is 405. The van der Waals surface area contributed by atoms with Crippen molar-refractivity contribution in [2.75, 3.05) is 20.8 Å². The van der Waals surface area contributed by atoms with Crippen molar-refractivity contribution < 1.29 is 9.47 Å². The molecule has 0 fully saturated rings. The average Bonchev–Trinajstić information content (AvgIpc) is 2.37. The van der Waals surface area contributed by atoms with Crippen LogP contribution in [0.15, 0.2) is 24.3 Å². The summed E-state index contributed by atoms with van der Waals surface area (Å²) in [5.41, 5.74) is 1.08. The Morgan fingerprint density at radius 3 is 2.67 bits per heavy atom. The van der Waals surface area contributed by atoms with E-state index in [4.69, 9.17) is 21.1 Å². The van der Waals surface area contributed by atoms with E-state index < -0.39 is 0 Å². The van der Waals surface area contributed by atoms with Crippen LogP contribution >= 0.6 is 11.6 Å². The standard InChI is InChI=1S/C14H20ClNO2/c1-4-5-6-7-16-10-11-8-12(15)14(18-3)13(9-11)17-2/h4-5,8-9,16H,6-7,10H2,1-3H3/b5-4+. The van der Waals surface area contributed by atoms with Crippen molar-refractivity contribution in [2.24, 2.45) is 0 Å². The van der Waals surface area contributed by atoms with Crippen molar-refractivity contribution in [2.45, 2.75) is 19.9 Å². The molecule has 0 aliphatic heterocycles. The number of halogens is 1. The summed E-state index contributed by atoms with van der Waals surface area (Å²) in [5, 5.41) is 3.92. The van der Waals surface area contributed by atoms with Crippen LogP contribution in [-0.2, 0) is 6.54 Å². The van der Waals surface area contributed by atoms with Gasteiger partial charge in [-0.2, -0.15) is 0 Å². The molecular formula is C14H20ClNO2. The minimum Gasteiger partial charge on any atom is -0.493 e. The first-order valence-corrected chi connectivity index (χ1v) is 6.33. The molecule has 1 rings (SSSR count). The van der Waals surface area contributed by atoms with E-state index >= 15 is 0 Å². The third-order valence-corrected chi connectivity index (χ3v) is 2.83. The number of ether oxygens (including phenoxy) is 2. The van der Waals surface area contributed by atoms with Gasteiger partial charge in [0.2, 0.25) is 0 Å². The van der Waals surface area contributed by atoms with Crippen LogP contribution in [0, 0.1) is 0 Å². The zero-order valence-electron chi connectivity index (χ0n) is 11.1. The molecule has 18 heavy (non-hydrogen) atoms. The van der Waals surface area contributed by atoms with Gasteiger partial charge >= 0.3 is 0 Å². The highest BCUT2D eigenvalue weighted by molar-refractivity contribution is 6.32. The van der Waals surface area contributed by atoms with Gasteiger partial charge in [-0.1, -0.05) is 23.8 Å². The molecule has 0 spiro atoms. The maximum atomic E-state index is 6.13. The molecule has 4 heteroatoms. The Morgan fingerprint density at radius 2 is 2.06 bits per heavy atom. The number of hydrogen-bond acceptors (Lipinski definition) is 3. The van der Waals surface area contributed by atoms with Gasteiger partial charge in [0.25, 0.3) is 0 Å². The van der Waals surface area contributed by atoms with Crippen molar-refractivity contribution in [3.8, 4) is 11.5 Å². The van der Waals surface area contributed by atoms with Crippen LogP contribution in [0.5, 0.6) is 11.5 Å². The van der Waals surface area contributed by atoms with E-state index in [-0.39, 0.29) is 0 Å². The van der Waals surface area contributed by atoms with Gasteiger partial charge in [-0.05, 0) is 37.6 Å². The fraction of sp³-hybridized carbons (Fsp3) is 0.429. The van der Waals surface area contributed by atoms with Crippen LogP contribution in [0.1, 0.15) is 18.9 Å². The lowest BCUT2D eigenvalue weighted by molar-refractivity contribution is 0.354. The molecule has 0 saturated heterocycles. The molecule has 100 valence electrons. The van der Waals surface area contributed by atoms with Crippen molar-refractivity contribution in [1.82, 2.24) is 5.32 Å². The average molecular weight is 270 g/mol. The lowest BCUT2D eigenvalue weighted by Crippen LogP contribution is -2.14. The van der Waals surface area contributed by atoms with E-state index in [1.807, 2.05) is 19.1 Å². The molecule has 1 aromatic carbocycles. The lowest BCUT2D eigenvalue weighted by atomic mass is 10.2. The van der Waals surface area contributed by atoms with Gasteiger partial charge in [0.05, 0.1) is 19.2 Å². The van der Waals surface area contributed by atoms with E-state index in [1.165, 1.54) is 0 Å². The maximum Gasteiger partial charge on any atom is 0.179 e. The first kappa shape index (κ1) is 14.9. The Hall–Kier alpha value is -1.19. The summed E-state index contributed by atoms with van der Waals surface area (Å²) in [7, 11) is 3.19. The van der Waals surface area contributed by atoms with Gasteiger partial charge in [0.1, 0.15) is 0 Å². The number of nitrogens with one attached hydrogen (secondary N) is 1. The van der Waals surface area contributed by atoms with Crippen LogP contribution in [-0.4, -0.2) is 20.8 Å². The highest BCUT2D eigenvalue weighted by atomic mass is 35.5. The predicted octanol–water partition coefficient (Wildman–Crippen LogP) is 3.41. The Morgan fingerprint density at radius 1 is 1.28 bits per heavy atom. The van der Waals surface area contributed by atoms with Crippen LogP contribution in [0.25, 0.3) is 0 Å². The summed E-state index contributed by atoms with van der Waals surface area (Å²) >= 11 is 6.13. The minimum atomic E-state index is 0.571. The molecule has 0 aliphatic rings. The third-order valence-electron chi connectivity index (χ3n) is 2.55. The topological polar surface area (TPSA) is 30.5 Å². The zero-order chi connectivity index (χ0) is 13.4. The Kier molecular flexibility index (Phi) is 6.61. The van der Waals surface area contributed by atoms with Crippen molar-refractivity contribution in [3.05, 3.63) is 34.9 Å². The normalized spacial score (nSPS) is 10.9. The second kappa shape index (κ2) is 8.01. The van der Waals surface area contributed by atoms with Gasteiger partial charge in [-0.3, -0.25) is 0 Å². The summed E-state index contributed by atoms with van der Waals surface area (Å²) in [4.78, 5) is 0. The highest BCUT2D eigenvalue weighted by Gasteiger charge is 2.10. The van der Waals surface area contributed by atoms with Gasteiger partial charge in [0.15, 0.2) is 11.5 Å². The molecule has 0 aliphatic carbocycles.